The second-order valence-electron chi connectivity index (χ2n) is 5.38. The van der Waals surface area contributed by atoms with Gasteiger partial charge in [-0.2, -0.15) is 10.5 Å². The molecule has 0 aromatic rings. The molecule has 0 bridgehead atoms. The molecule has 0 radical (unpaired) electrons. The van der Waals surface area contributed by atoms with Gasteiger partial charge in [-0.1, -0.05) is 26.7 Å². The first kappa shape index (κ1) is 14.8. The maximum absolute atomic E-state index is 9.80. The minimum absolute atomic E-state index is 0.155. The van der Waals surface area contributed by atoms with Crippen LogP contribution in [-0.2, 0) is 9.47 Å². The summed E-state index contributed by atoms with van der Waals surface area (Å²) in [7, 11) is 2.85. The van der Waals surface area contributed by atoms with Crippen LogP contribution in [0.15, 0.2) is 4.99 Å². The topological polar surface area (TPSA) is 104 Å². The second kappa shape index (κ2) is 4.44. The number of hydrogen-bond donors (Lipinski definition) is 1. The van der Waals surface area contributed by atoms with Gasteiger partial charge < -0.3 is 15.2 Å². The SMILES string of the molecule is CCC(CC)[C@@H]1[C@]2(C#N)C(N)=NC(OC)(OC)[C@]12C#N. The zero-order chi connectivity index (χ0) is 15.2. The average Bonchev–Trinajstić information content (AvgIpc) is 3.03. The Morgan fingerprint density at radius 3 is 2.15 bits per heavy atom. The minimum Gasteiger partial charge on any atom is -0.386 e. The normalized spacial score (nSPS) is 37.0. The van der Waals surface area contributed by atoms with Gasteiger partial charge in [0.05, 0.1) is 12.1 Å². The van der Waals surface area contributed by atoms with Crippen LogP contribution < -0.4 is 5.73 Å². The van der Waals surface area contributed by atoms with Crippen LogP contribution in [0.4, 0.5) is 0 Å². The van der Waals surface area contributed by atoms with Crippen LogP contribution >= 0.6 is 0 Å². The van der Waals surface area contributed by atoms with Crippen molar-refractivity contribution in [3.63, 3.8) is 0 Å². The van der Waals surface area contributed by atoms with Crippen molar-refractivity contribution >= 4 is 5.84 Å². The van der Waals surface area contributed by atoms with Gasteiger partial charge in [-0.15, -0.1) is 0 Å². The molecule has 2 rings (SSSR count). The Kier molecular flexibility index (Phi) is 3.28. The summed E-state index contributed by atoms with van der Waals surface area (Å²) in [6, 6.07) is 4.50. The van der Waals surface area contributed by atoms with E-state index in [4.69, 9.17) is 15.2 Å². The number of nitrogens with two attached hydrogens (primary N) is 1. The summed E-state index contributed by atoms with van der Waals surface area (Å²) < 4.78 is 10.8. The van der Waals surface area contributed by atoms with E-state index in [0.717, 1.165) is 12.8 Å². The van der Waals surface area contributed by atoms with Crippen molar-refractivity contribution in [2.75, 3.05) is 14.2 Å². The molecule has 0 amide bonds. The largest absolute Gasteiger partial charge is 0.386 e. The van der Waals surface area contributed by atoms with Gasteiger partial charge in [0.1, 0.15) is 11.3 Å². The van der Waals surface area contributed by atoms with Gasteiger partial charge in [-0.25, -0.2) is 4.99 Å². The number of fused-ring (bicyclic) bond motifs is 1. The van der Waals surface area contributed by atoms with E-state index < -0.39 is 16.7 Å². The number of rotatable bonds is 5. The van der Waals surface area contributed by atoms with Gasteiger partial charge in [0.2, 0.25) is 0 Å². The Morgan fingerprint density at radius 1 is 1.25 bits per heavy atom. The van der Waals surface area contributed by atoms with Crippen LogP contribution in [0.2, 0.25) is 0 Å². The third-order valence-corrected chi connectivity index (χ3v) is 5.07. The highest BCUT2D eigenvalue weighted by atomic mass is 16.7. The molecule has 1 fully saturated rings. The van der Waals surface area contributed by atoms with E-state index >= 15 is 0 Å². The van der Waals surface area contributed by atoms with Crippen LogP contribution in [0.1, 0.15) is 26.7 Å². The lowest BCUT2D eigenvalue weighted by atomic mass is 9.89. The summed E-state index contributed by atoms with van der Waals surface area (Å²) in [6.07, 6.45) is 1.73. The Morgan fingerprint density at radius 2 is 1.80 bits per heavy atom. The molecule has 0 saturated heterocycles. The van der Waals surface area contributed by atoms with Crippen molar-refractivity contribution in [2.24, 2.45) is 33.4 Å². The molecule has 0 unspecified atom stereocenters. The molecule has 0 aromatic heterocycles. The molecule has 0 aromatic carbocycles. The van der Waals surface area contributed by atoms with Gasteiger partial charge in [-0.05, 0) is 5.92 Å². The van der Waals surface area contributed by atoms with E-state index in [1.165, 1.54) is 14.2 Å². The van der Waals surface area contributed by atoms with Crippen LogP contribution in [0.25, 0.3) is 0 Å². The second-order valence-corrected chi connectivity index (χ2v) is 5.38. The van der Waals surface area contributed by atoms with Gasteiger partial charge in [0.25, 0.3) is 5.91 Å². The molecule has 0 spiro atoms. The van der Waals surface area contributed by atoms with Gasteiger partial charge in [0, 0.05) is 20.1 Å². The van der Waals surface area contributed by atoms with E-state index in [1.807, 2.05) is 13.8 Å². The quantitative estimate of drug-likeness (QED) is 0.764. The number of methoxy groups -OCH3 is 2. The maximum atomic E-state index is 9.80. The number of aliphatic imine (C=N–C) groups is 1. The zero-order valence-corrected chi connectivity index (χ0v) is 12.3. The molecular weight excluding hydrogens is 256 g/mol. The number of nitriles is 2. The monoisotopic (exact) mass is 276 g/mol. The highest BCUT2D eigenvalue weighted by molar-refractivity contribution is 5.98. The summed E-state index contributed by atoms with van der Waals surface area (Å²) in [6.45, 7) is 4.10. The number of ether oxygens (including phenoxy) is 2. The standard InChI is InChI=1S/C14H20N4O2/c1-5-9(6-2)10-12(7-15)11(17)18-14(19-3,20-4)13(10,12)8-16/h9-10H,5-6H2,1-4H3,(H2,17,18)/t10-,12-,13-/m1/s1. The Bertz CT molecular complexity index is 524. The number of nitrogens with zero attached hydrogens (tertiary/aromatic N) is 3. The molecule has 2 aliphatic rings. The Hall–Kier alpha value is -1.63. The molecule has 6 nitrogen and oxygen atoms in total. The lowest BCUT2D eigenvalue weighted by Gasteiger charge is -2.30. The molecule has 1 saturated carbocycles. The van der Waals surface area contributed by atoms with E-state index in [1.54, 1.807) is 0 Å². The fraction of sp³-hybridized carbons (Fsp3) is 0.786. The van der Waals surface area contributed by atoms with Crippen LogP contribution in [0, 0.1) is 45.3 Å². The predicted octanol–water partition coefficient (Wildman–Crippen LogP) is 1.39. The summed E-state index contributed by atoms with van der Waals surface area (Å²) in [5.41, 5.74) is 3.76. The highest BCUT2D eigenvalue weighted by Crippen LogP contribution is 2.80. The Balaban J connectivity index is 2.64. The Labute approximate surface area is 119 Å². The molecule has 2 N–H and O–H groups in total. The maximum Gasteiger partial charge on any atom is 0.292 e. The van der Waals surface area contributed by atoms with Crippen LogP contribution in [0.3, 0.4) is 0 Å². The summed E-state index contributed by atoms with van der Waals surface area (Å²) in [5, 5.41) is 19.5. The van der Waals surface area contributed by atoms with Gasteiger partial charge in [-0.3, -0.25) is 0 Å². The minimum atomic E-state index is -1.48. The predicted molar refractivity (Wildman–Crippen MR) is 72.0 cm³/mol. The van der Waals surface area contributed by atoms with E-state index in [2.05, 4.69) is 17.1 Å². The van der Waals surface area contributed by atoms with E-state index in [9.17, 15) is 10.5 Å². The summed E-state index contributed by atoms with van der Waals surface area (Å²) in [5.74, 6) is -1.33. The number of amidine groups is 1. The average molecular weight is 276 g/mol. The van der Waals surface area contributed by atoms with Crippen molar-refractivity contribution in [1.82, 2.24) is 0 Å². The molecule has 6 heteroatoms. The highest BCUT2D eigenvalue weighted by Gasteiger charge is 2.93. The van der Waals surface area contributed by atoms with Crippen LogP contribution in [-0.4, -0.2) is 26.0 Å². The zero-order valence-electron chi connectivity index (χ0n) is 12.3. The first-order chi connectivity index (χ1) is 9.51. The fourth-order valence-corrected chi connectivity index (χ4v) is 4.05. The van der Waals surface area contributed by atoms with Crippen molar-refractivity contribution in [2.45, 2.75) is 32.6 Å². The van der Waals surface area contributed by atoms with Crippen molar-refractivity contribution < 1.29 is 9.47 Å². The van der Waals surface area contributed by atoms with E-state index in [0.29, 0.717) is 0 Å². The molecule has 20 heavy (non-hydrogen) atoms. The first-order valence-corrected chi connectivity index (χ1v) is 6.80. The summed E-state index contributed by atoms with van der Waals surface area (Å²) >= 11 is 0. The third-order valence-electron chi connectivity index (χ3n) is 5.07. The molecule has 1 aliphatic carbocycles. The fourth-order valence-electron chi connectivity index (χ4n) is 4.05. The van der Waals surface area contributed by atoms with Crippen molar-refractivity contribution in [1.29, 1.82) is 10.5 Å². The molecule has 1 heterocycles. The summed E-state index contributed by atoms with van der Waals surface area (Å²) in [4.78, 5) is 4.18. The van der Waals surface area contributed by atoms with Gasteiger partial charge >= 0.3 is 0 Å². The molecule has 1 aliphatic heterocycles. The van der Waals surface area contributed by atoms with E-state index in [-0.39, 0.29) is 17.7 Å². The lowest BCUT2D eigenvalue weighted by molar-refractivity contribution is -0.233. The smallest absolute Gasteiger partial charge is 0.292 e. The van der Waals surface area contributed by atoms with Gasteiger partial charge in [0.15, 0.2) is 5.41 Å². The molecule has 3 atom stereocenters. The number of hydrogen-bond acceptors (Lipinski definition) is 6. The first-order valence-electron chi connectivity index (χ1n) is 6.80. The van der Waals surface area contributed by atoms with Crippen molar-refractivity contribution in [3.8, 4) is 12.1 Å². The molecule has 108 valence electrons. The third kappa shape index (κ3) is 1.17. The molecular formula is C14H20N4O2. The van der Waals surface area contributed by atoms with Crippen molar-refractivity contribution in [3.05, 3.63) is 0 Å². The lowest BCUT2D eigenvalue weighted by Crippen LogP contribution is -2.42. The van der Waals surface area contributed by atoms with Crippen LogP contribution in [0.5, 0.6) is 0 Å².